The predicted molar refractivity (Wildman–Crippen MR) is 40.1 cm³/mol. The molecule has 0 aliphatic heterocycles. The van der Waals surface area contributed by atoms with Crippen LogP contribution in [0.25, 0.3) is 0 Å². The Hall–Kier alpha value is 1.56. The van der Waals surface area contributed by atoms with Crippen molar-refractivity contribution in [1.29, 1.82) is 0 Å². The third kappa shape index (κ3) is 12.7. The maximum absolute atomic E-state index is 5.01. The van der Waals surface area contributed by atoms with Gasteiger partial charge in [-0.3, -0.25) is 0 Å². The Kier molecular flexibility index (Phi) is 17.9. The van der Waals surface area contributed by atoms with E-state index in [4.69, 9.17) is 9.47 Å². The number of hydrogen-bond acceptors (Lipinski definition) is 2. The number of hydrogen-bond donors (Lipinski definition) is 0. The summed E-state index contributed by atoms with van der Waals surface area (Å²) in [6.07, 6.45) is 0. The van der Waals surface area contributed by atoms with E-state index in [1.165, 1.54) is 0 Å². The maximum atomic E-state index is 5.01. The SMILES string of the molecule is CCOCCOCC.[KH]. The zero-order chi connectivity index (χ0) is 6.24. The zero-order valence-electron chi connectivity index (χ0n) is 5.64. The quantitative estimate of drug-likeness (QED) is 0.426. The van der Waals surface area contributed by atoms with Crippen LogP contribution in [0.1, 0.15) is 13.8 Å². The standard InChI is InChI=1S/C6H14O2.K.H/c1-3-7-5-6-8-4-2;;/h3-6H2,1-2H3;;. The van der Waals surface area contributed by atoms with Gasteiger partial charge in [-0.15, -0.1) is 0 Å². The Labute approximate surface area is 99.7 Å². The van der Waals surface area contributed by atoms with E-state index in [9.17, 15) is 0 Å². The predicted octanol–water partition coefficient (Wildman–Crippen LogP) is 0.411. The molecule has 0 bridgehead atoms. The molecule has 0 saturated heterocycles. The van der Waals surface area contributed by atoms with Gasteiger partial charge in [0, 0.05) is 13.2 Å². The Morgan fingerprint density at radius 2 is 1.22 bits per heavy atom. The third-order valence-corrected chi connectivity index (χ3v) is 0.780. The summed E-state index contributed by atoms with van der Waals surface area (Å²) in [4.78, 5) is 0. The van der Waals surface area contributed by atoms with Crippen molar-refractivity contribution in [3.05, 3.63) is 0 Å². The van der Waals surface area contributed by atoms with Crippen molar-refractivity contribution in [1.82, 2.24) is 0 Å². The van der Waals surface area contributed by atoms with Gasteiger partial charge >= 0.3 is 51.4 Å². The molecule has 0 unspecified atom stereocenters. The van der Waals surface area contributed by atoms with E-state index in [0.29, 0.717) is 0 Å². The fourth-order valence-electron chi connectivity index (χ4n) is 0.407. The molecule has 0 N–H and O–H groups in total. The first kappa shape index (κ1) is 13.2. The van der Waals surface area contributed by atoms with E-state index in [2.05, 4.69) is 0 Å². The van der Waals surface area contributed by atoms with Crippen LogP contribution in [0.3, 0.4) is 0 Å². The van der Waals surface area contributed by atoms with E-state index < -0.39 is 0 Å². The zero-order valence-corrected chi connectivity index (χ0v) is 5.64. The van der Waals surface area contributed by atoms with Gasteiger partial charge in [0.25, 0.3) is 0 Å². The number of ether oxygens (including phenoxy) is 2. The molecule has 2 nitrogen and oxygen atoms in total. The molecule has 0 rings (SSSR count). The minimum atomic E-state index is 0. The van der Waals surface area contributed by atoms with Gasteiger partial charge < -0.3 is 9.47 Å². The summed E-state index contributed by atoms with van der Waals surface area (Å²) in [7, 11) is 0. The van der Waals surface area contributed by atoms with Crippen LogP contribution in [0, 0.1) is 0 Å². The van der Waals surface area contributed by atoms with E-state index in [1.807, 2.05) is 13.8 Å². The number of rotatable bonds is 5. The first-order valence-corrected chi connectivity index (χ1v) is 3.07. The molecule has 0 amide bonds. The first-order valence-electron chi connectivity index (χ1n) is 3.07. The molecule has 0 aliphatic carbocycles. The summed E-state index contributed by atoms with van der Waals surface area (Å²) < 4.78 is 10.0. The molecule has 0 spiro atoms. The molecule has 0 radical (unpaired) electrons. The van der Waals surface area contributed by atoms with Gasteiger partial charge in [-0.1, -0.05) is 0 Å². The van der Waals surface area contributed by atoms with Crippen LogP contribution < -0.4 is 0 Å². The Bertz CT molecular complexity index is 36.0. The van der Waals surface area contributed by atoms with Gasteiger partial charge in [-0.2, -0.15) is 0 Å². The molecular weight excluding hydrogens is 143 g/mol. The monoisotopic (exact) mass is 158 g/mol. The second-order valence-corrected chi connectivity index (χ2v) is 1.39. The van der Waals surface area contributed by atoms with Crippen molar-refractivity contribution >= 4 is 51.4 Å². The molecule has 0 atom stereocenters. The van der Waals surface area contributed by atoms with Crippen molar-refractivity contribution < 1.29 is 9.47 Å². The second-order valence-electron chi connectivity index (χ2n) is 1.39. The van der Waals surface area contributed by atoms with E-state index in [-0.39, 0.29) is 51.4 Å². The van der Waals surface area contributed by atoms with Crippen molar-refractivity contribution in [2.75, 3.05) is 26.4 Å². The van der Waals surface area contributed by atoms with Crippen molar-refractivity contribution in [2.24, 2.45) is 0 Å². The van der Waals surface area contributed by atoms with Crippen molar-refractivity contribution in [2.45, 2.75) is 13.8 Å². The molecule has 0 heterocycles. The fraction of sp³-hybridized carbons (Fsp3) is 1.00. The fourth-order valence-corrected chi connectivity index (χ4v) is 0.407. The summed E-state index contributed by atoms with van der Waals surface area (Å²) in [6, 6.07) is 0. The molecule has 0 saturated carbocycles. The van der Waals surface area contributed by atoms with Crippen LogP contribution in [-0.2, 0) is 9.47 Å². The van der Waals surface area contributed by atoms with Crippen molar-refractivity contribution in [3.8, 4) is 0 Å². The summed E-state index contributed by atoms with van der Waals surface area (Å²) in [5.74, 6) is 0. The van der Waals surface area contributed by atoms with Crippen molar-refractivity contribution in [3.63, 3.8) is 0 Å². The molecular formula is C6H15KO2. The van der Waals surface area contributed by atoms with Crippen LogP contribution in [0.5, 0.6) is 0 Å². The summed E-state index contributed by atoms with van der Waals surface area (Å²) in [5, 5.41) is 0. The summed E-state index contributed by atoms with van der Waals surface area (Å²) in [5.41, 5.74) is 0. The molecule has 0 aliphatic rings. The van der Waals surface area contributed by atoms with Gasteiger partial charge in [0.05, 0.1) is 13.2 Å². The van der Waals surface area contributed by atoms with Crippen LogP contribution in [-0.4, -0.2) is 77.8 Å². The van der Waals surface area contributed by atoms with Crippen LogP contribution in [0.2, 0.25) is 0 Å². The molecule has 9 heavy (non-hydrogen) atoms. The van der Waals surface area contributed by atoms with Gasteiger partial charge in [0.15, 0.2) is 0 Å². The average molecular weight is 158 g/mol. The van der Waals surface area contributed by atoms with Gasteiger partial charge in [0.2, 0.25) is 0 Å². The molecule has 0 fully saturated rings. The molecule has 0 aromatic heterocycles. The third-order valence-electron chi connectivity index (χ3n) is 0.780. The second kappa shape index (κ2) is 12.3. The Morgan fingerprint density at radius 1 is 0.889 bits per heavy atom. The van der Waals surface area contributed by atoms with Crippen LogP contribution in [0.15, 0.2) is 0 Å². The van der Waals surface area contributed by atoms with Gasteiger partial charge in [0.1, 0.15) is 0 Å². The van der Waals surface area contributed by atoms with E-state index in [1.54, 1.807) is 0 Å². The summed E-state index contributed by atoms with van der Waals surface area (Å²) in [6.45, 7) is 6.98. The van der Waals surface area contributed by atoms with Crippen LogP contribution in [0.4, 0.5) is 0 Å². The summed E-state index contributed by atoms with van der Waals surface area (Å²) >= 11 is 0. The average Bonchev–Trinajstić information content (AvgIpc) is 1.81. The van der Waals surface area contributed by atoms with Gasteiger partial charge in [-0.05, 0) is 13.8 Å². The van der Waals surface area contributed by atoms with E-state index in [0.717, 1.165) is 26.4 Å². The molecule has 0 aromatic carbocycles. The minimum absolute atomic E-state index is 0. The van der Waals surface area contributed by atoms with Gasteiger partial charge in [-0.25, -0.2) is 0 Å². The Balaban J connectivity index is 0. The Morgan fingerprint density at radius 3 is 1.44 bits per heavy atom. The van der Waals surface area contributed by atoms with E-state index >= 15 is 0 Å². The van der Waals surface area contributed by atoms with Crippen LogP contribution >= 0.6 is 0 Å². The topological polar surface area (TPSA) is 18.5 Å². The molecule has 3 heteroatoms. The molecule has 0 aromatic rings. The normalized spacial score (nSPS) is 8.67. The first-order chi connectivity index (χ1) is 3.91. The molecule has 52 valence electrons.